The van der Waals surface area contributed by atoms with E-state index in [2.05, 4.69) is 4.98 Å². The molecule has 2 heterocycles. The minimum Gasteiger partial charge on any atom is -0.398 e. The van der Waals surface area contributed by atoms with Crippen LogP contribution >= 0.6 is 11.6 Å². The van der Waals surface area contributed by atoms with Gasteiger partial charge in [-0.1, -0.05) is 17.7 Å². The first-order valence-corrected chi connectivity index (χ1v) is 6.76. The van der Waals surface area contributed by atoms with Crippen molar-refractivity contribution in [2.45, 2.75) is 13.3 Å². The summed E-state index contributed by atoms with van der Waals surface area (Å²) >= 11 is 5.79. The van der Waals surface area contributed by atoms with Crippen LogP contribution in [-0.2, 0) is 6.42 Å². The Bertz CT molecular complexity index is 682. The zero-order valence-electron chi connectivity index (χ0n) is 11.1. The molecule has 1 aliphatic heterocycles. The van der Waals surface area contributed by atoms with Crippen molar-refractivity contribution < 1.29 is 4.79 Å². The molecule has 0 aliphatic carbocycles. The number of nitrogen functional groups attached to an aromatic ring is 1. The Labute approximate surface area is 122 Å². The highest BCUT2D eigenvalue weighted by Crippen LogP contribution is 2.32. The van der Waals surface area contributed by atoms with Crippen molar-refractivity contribution in [2.24, 2.45) is 0 Å². The van der Waals surface area contributed by atoms with Gasteiger partial charge in [0.1, 0.15) is 5.69 Å². The van der Waals surface area contributed by atoms with Crippen LogP contribution in [0.3, 0.4) is 0 Å². The first kappa shape index (κ1) is 12.9. The highest BCUT2D eigenvalue weighted by atomic mass is 35.5. The van der Waals surface area contributed by atoms with Crippen molar-refractivity contribution in [3.8, 4) is 0 Å². The number of halogens is 1. The molecule has 1 aromatic heterocycles. The zero-order valence-corrected chi connectivity index (χ0v) is 11.8. The fourth-order valence-electron chi connectivity index (χ4n) is 2.43. The van der Waals surface area contributed by atoms with Crippen LogP contribution in [0.15, 0.2) is 30.5 Å². The molecule has 1 amide bonds. The number of aromatic nitrogens is 1. The van der Waals surface area contributed by atoms with Gasteiger partial charge in [-0.05, 0) is 42.7 Å². The topological polar surface area (TPSA) is 59.2 Å². The maximum atomic E-state index is 12.5. The van der Waals surface area contributed by atoms with Gasteiger partial charge in [0.05, 0.1) is 5.02 Å². The number of carbonyl (C=O) groups is 1. The number of hydrogen-bond donors (Lipinski definition) is 1. The summed E-state index contributed by atoms with van der Waals surface area (Å²) in [6.45, 7) is 2.63. The van der Waals surface area contributed by atoms with Gasteiger partial charge in [0.25, 0.3) is 5.91 Å². The summed E-state index contributed by atoms with van der Waals surface area (Å²) in [4.78, 5) is 18.3. The molecule has 20 heavy (non-hydrogen) atoms. The molecule has 1 aromatic carbocycles. The Hall–Kier alpha value is -2.07. The van der Waals surface area contributed by atoms with Gasteiger partial charge in [0, 0.05) is 24.1 Å². The lowest BCUT2D eigenvalue weighted by molar-refractivity contribution is 0.0984. The van der Waals surface area contributed by atoms with E-state index in [1.807, 2.05) is 19.1 Å². The number of carbonyl (C=O) groups excluding carboxylic acids is 1. The third kappa shape index (κ3) is 2.12. The number of rotatable bonds is 1. The first-order valence-electron chi connectivity index (χ1n) is 6.38. The number of fused-ring (bicyclic) bond motifs is 1. The molecule has 5 heteroatoms. The molecule has 0 unspecified atom stereocenters. The van der Waals surface area contributed by atoms with Crippen LogP contribution in [-0.4, -0.2) is 17.4 Å². The minimum absolute atomic E-state index is 0.122. The molecule has 2 N–H and O–H groups in total. The second-order valence-corrected chi connectivity index (χ2v) is 5.34. The molecule has 4 nitrogen and oxygen atoms in total. The molecule has 0 fully saturated rings. The molecule has 0 atom stereocenters. The molecule has 0 saturated carbocycles. The lowest BCUT2D eigenvalue weighted by Crippen LogP contribution is -2.29. The van der Waals surface area contributed by atoms with Crippen LogP contribution < -0.4 is 10.6 Å². The number of aryl methyl sites for hydroxylation is 1. The van der Waals surface area contributed by atoms with E-state index in [1.165, 1.54) is 6.20 Å². The van der Waals surface area contributed by atoms with Crippen molar-refractivity contribution in [3.63, 3.8) is 0 Å². The van der Waals surface area contributed by atoms with E-state index in [4.69, 9.17) is 17.3 Å². The largest absolute Gasteiger partial charge is 0.398 e. The Morgan fingerprint density at radius 1 is 1.40 bits per heavy atom. The zero-order chi connectivity index (χ0) is 14.3. The van der Waals surface area contributed by atoms with E-state index in [9.17, 15) is 4.79 Å². The predicted octanol–water partition coefficient (Wildman–Crippen LogP) is 2.83. The predicted molar refractivity (Wildman–Crippen MR) is 80.2 cm³/mol. The molecule has 1 aliphatic rings. The lowest BCUT2D eigenvalue weighted by Gasteiger charge is -2.17. The summed E-state index contributed by atoms with van der Waals surface area (Å²) in [6.07, 6.45) is 2.32. The van der Waals surface area contributed by atoms with Crippen molar-refractivity contribution in [2.75, 3.05) is 17.2 Å². The molecule has 2 aromatic rings. The molecule has 102 valence electrons. The molecular weight excluding hydrogens is 274 g/mol. The lowest BCUT2D eigenvalue weighted by atomic mass is 10.1. The fourth-order valence-corrected chi connectivity index (χ4v) is 2.54. The maximum absolute atomic E-state index is 12.5. The molecular formula is C15H14ClN3O. The third-order valence-electron chi connectivity index (χ3n) is 3.55. The van der Waals surface area contributed by atoms with Crippen LogP contribution in [0.25, 0.3) is 0 Å². The van der Waals surface area contributed by atoms with Crippen LogP contribution in [0.5, 0.6) is 0 Å². The summed E-state index contributed by atoms with van der Waals surface area (Å²) in [7, 11) is 0. The fraction of sp³-hybridized carbons (Fsp3) is 0.200. The van der Waals surface area contributed by atoms with Gasteiger partial charge in [-0.15, -0.1) is 0 Å². The number of benzene rings is 1. The average molecular weight is 288 g/mol. The van der Waals surface area contributed by atoms with Gasteiger partial charge in [0.15, 0.2) is 0 Å². The minimum atomic E-state index is -0.122. The molecule has 0 spiro atoms. The summed E-state index contributed by atoms with van der Waals surface area (Å²) in [5.41, 5.74) is 10.1. The van der Waals surface area contributed by atoms with Gasteiger partial charge in [0.2, 0.25) is 0 Å². The smallest absolute Gasteiger partial charge is 0.276 e. The van der Waals surface area contributed by atoms with Crippen molar-refractivity contribution in [3.05, 3.63) is 52.3 Å². The SMILES string of the molecule is Cc1cc2c(cc1N)N(C(=O)c1ccc(Cl)cn1)CC2. The number of pyridine rings is 1. The second-order valence-electron chi connectivity index (χ2n) is 4.91. The molecule has 3 rings (SSSR count). The van der Waals surface area contributed by atoms with E-state index in [-0.39, 0.29) is 5.91 Å². The number of nitrogens with zero attached hydrogens (tertiary/aromatic N) is 2. The summed E-state index contributed by atoms with van der Waals surface area (Å²) in [5, 5.41) is 0.517. The number of hydrogen-bond acceptors (Lipinski definition) is 3. The summed E-state index contributed by atoms with van der Waals surface area (Å²) < 4.78 is 0. The highest BCUT2D eigenvalue weighted by Gasteiger charge is 2.26. The van der Waals surface area contributed by atoms with E-state index >= 15 is 0 Å². The van der Waals surface area contributed by atoms with Crippen LogP contribution in [0.1, 0.15) is 21.6 Å². The quantitative estimate of drug-likeness (QED) is 0.821. The average Bonchev–Trinajstić information content (AvgIpc) is 2.82. The van der Waals surface area contributed by atoms with Gasteiger partial charge >= 0.3 is 0 Å². The number of anilines is 2. The van der Waals surface area contributed by atoms with E-state index in [0.717, 1.165) is 23.2 Å². The monoisotopic (exact) mass is 287 g/mol. The standard InChI is InChI=1S/C15H14ClN3O/c1-9-6-10-4-5-19(14(10)7-12(9)17)15(20)13-3-2-11(16)8-18-13/h2-3,6-8H,4-5,17H2,1H3. The van der Waals surface area contributed by atoms with Crippen molar-refractivity contribution in [1.82, 2.24) is 4.98 Å². The number of nitrogens with two attached hydrogens (primary N) is 1. The van der Waals surface area contributed by atoms with E-state index in [0.29, 0.717) is 22.9 Å². The Balaban J connectivity index is 1.96. The van der Waals surface area contributed by atoms with Gasteiger partial charge in [-0.3, -0.25) is 4.79 Å². The number of amides is 1. The molecule has 0 bridgehead atoms. The molecule has 0 radical (unpaired) electrons. The highest BCUT2D eigenvalue weighted by molar-refractivity contribution is 6.30. The van der Waals surface area contributed by atoms with Gasteiger partial charge in [-0.25, -0.2) is 4.98 Å². The Morgan fingerprint density at radius 2 is 2.20 bits per heavy atom. The van der Waals surface area contributed by atoms with Crippen molar-refractivity contribution in [1.29, 1.82) is 0 Å². The third-order valence-corrected chi connectivity index (χ3v) is 3.78. The first-order chi connectivity index (χ1) is 9.56. The Kier molecular flexibility index (Phi) is 3.10. The van der Waals surface area contributed by atoms with E-state index in [1.54, 1.807) is 17.0 Å². The summed E-state index contributed by atoms with van der Waals surface area (Å²) in [5.74, 6) is -0.122. The summed E-state index contributed by atoms with van der Waals surface area (Å²) in [6, 6.07) is 7.22. The molecule has 0 saturated heterocycles. The van der Waals surface area contributed by atoms with Gasteiger partial charge < -0.3 is 10.6 Å². The van der Waals surface area contributed by atoms with Gasteiger partial charge in [-0.2, -0.15) is 0 Å². The van der Waals surface area contributed by atoms with Crippen LogP contribution in [0.2, 0.25) is 5.02 Å². The van der Waals surface area contributed by atoms with Crippen molar-refractivity contribution >= 4 is 28.9 Å². The van der Waals surface area contributed by atoms with E-state index < -0.39 is 0 Å². The van der Waals surface area contributed by atoms with Crippen LogP contribution in [0.4, 0.5) is 11.4 Å². The Morgan fingerprint density at radius 3 is 2.90 bits per heavy atom. The second kappa shape index (κ2) is 4.80. The van der Waals surface area contributed by atoms with Crippen LogP contribution in [0, 0.1) is 6.92 Å². The maximum Gasteiger partial charge on any atom is 0.276 e. The normalized spacial score (nSPS) is 13.4.